The molecule has 3 rings (SSSR count). The van der Waals surface area contributed by atoms with E-state index in [0.717, 1.165) is 58.1 Å². The van der Waals surface area contributed by atoms with Crippen LogP contribution in [-0.2, 0) is 9.59 Å². The van der Waals surface area contributed by atoms with Crippen molar-refractivity contribution >= 4 is 23.5 Å². The van der Waals surface area contributed by atoms with Crippen LogP contribution in [0.25, 0.3) is 0 Å². The van der Waals surface area contributed by atoms with Gasteiger partial charge in [-0.05, 0) is 30.9 Å². The van der Waals surface area contributed by atoms with Crippen LogP contribution in [0.1, 0.15) is 25.7 Å². The van der Waals surface area contributed by atoms with Crippen molar-refractivity contribution < 1.29 is 9.59 Å². The number of hydrogen-bond acceptors (Lipinski definition) is 4. The molecule has 0 spiro atoms. The van der Waals surface area contributed by atoms with Crippen LogP contribution < -0.4 is 16.0 Å². The summed E-state index contributed by atoms with van der Waals surface area (Å²) in [5.41, 5.74) is 6.57. The molecule has 8 heteroatoms. The maximum Gasteiger partial charge on any atom is 0.224 e. The molecule has 164 valence electrons. The van der Waals surface area contributed by atoms with E-state index in [-0.39, 0.29) is 17.7 Å². The zero-order chi connectivity index (χ0) is 21.3. The number of guanidine groups is 1. The zero-order valence-corrected chi connectivity index (χ0v) is 17.9. The minimum atomic E-state index is -0.247. The number of amides is 2. The van der Waals surface area contributed by atoms with Crippen molar-refractivity contribution in [1.82, 2.24) is 15.1 Å². The lowest BCUT2D eigenvalue weighted by molar-refractivity contribution is -0.131. The molecular weight excluding hydrogens is 380 g/mol. The van der Waals surface area contributed by atoms with Crippen molar-refractivity contribution in [2.75, 3.05) is 57.8 Å². The predicted molar refractivity (Wildman–Crippen MR) is 119 cm³/mol. The van der Waals surface area contributed by atoms with E-state index in [2.05, 4.69) is 32.2 Å². The lowest BCUT2D eigenvalue weighted by Crippen LogP contribution is -2.50. The standard InChI is InChI=1S/C22H34N6O2/c1-24-22(28-11-5-6-18(17-28)16-20(23)29)25-10-9-21(30)27-14-12-26(13-15-27)19-7-3-2-4-8-19/h2-4,7-8,18H,5-6,9-17H2,1H3,(H2,23,29)(H,24,25). The van der Waals surface area contributed by atoms with E-state index in [1.807, 2.05) is 23.1 Å². The number of nitrogens with one attached hydrogen (secondary N) is 1. The van der Waals surface area contributed by atoms with Gasteiger partial charge in [0.1, 0.15) is 0 Å². The van der Waals surface area contributed by atoms with Gasteiger partial charge in [0.15, 0.2) is 5.96 Å². The van der Waals surface area contributed by atoms with Gasteiger partial charge >= 0.3 is 0 Å². The Labute approximate surface area is 179 Å². The van der Waals surface area contributed by atoms with Gasteiger partial charge in [-0.1, -0.05) is 18.2 Å². The molecule has 8 nitrogen and oxygen atoms in total. The van der Waals surface area contributed by atoms with Crippen LogP contribution in [0, 0.1) is 5.92 Å². The fraction of sp³-hybridized carbons (Fsp3) is 0.591. The Balaban J connectivity index is 1.40. The summed E-state index contributed by atoms with van der Waals surface area (Å²) in [6.45, 7) is 5.47. The highest BCUT2D eigenvalue weighted by atomic mass is 16.2. The smallest absolute Gasteiger partial charge is 0.224 e. The molecule has 2 aliphatic rings. The van der Waals surface area contributed by atoms with Gasteiger partial charge in [0.25, 0.3) is 0 Å². The van der Waals surface area contributed by atoms with Gasteiger partial charge < -0.3 is 25.8 Å². The van der Waals surface area contributed by atoms with Gasteiger partial charge in [-0.15, -0.1) is 0 Å². The van der Waals surface area contributed by atoms with Crippen LogP contribution >= 0.6 is 0 Å². The fourth-order valence-electron chi connectivity index (χ4n) is 4.33. The van der Waals surface area contributed by atoms with Gasteiger partial charge in [0.05, 0.1) is 0 Å². The molecule has 1 aromatic carbocycles. The Bertz CT molecular complexity index is 730. The third-order valence-electron chi connectivity index (χ3n) is 5.90. The number of hydrogen-bond donors (Lipinski definition) is 2. The molecule has 30 heavy (non-hydrogen) atoms. The Morgan fingerprint density at radius 1 is 1.10 bits per heavy atom. The van der Waals surface area contributed by atoms with Crippen LogP contribution in [0.15, 0.2) is 35.3 Å². The van der Waals surface area contributed by atoms with E-state index in [0.29, 0.717) is 19.4 Å². The third kappa shape index (κ3) is 6.11. The van der Waals surface area contributed by atoms with Gasteiger partial charge in [-0.2, -0.15) is 0 Å². The van der Waals surface area contributed by atoms with Crippen LogP contribution in [0.3, 0.4) is 0 Å². The lowest BCUT2D eigenvalue weighted by atomic mass is 9.95. The summed E-state index contributed by atoms with van der Waals surface area (Å²) >= 11 is 0. The molecule has 2 aliphatic heterocycles. The van der Waals surface area contributed by atoms with E-state index >= 15 is 0 Å². The molecular formula is C22H34N6O2. The first-order valence-electron chi connectivity index (χ1n) is 10.9. The number of nitrogens with two attached hydrogens (primary N) is 1. The number of likely N-dealkylation sites (tertiary alicyclic amines) is 1. The largest absolute Gasteiger partial charge is 0.370 e. The minimum absolute atomic E-state index is 0.177. The quantitative estimate of drug-likeness (QED) is 0.533. The number of carbonyl (C=O) groups excluding carboxylic acids is 2. The maximum atomic E-state index is 12.6. The van der Waals surface area contributed by atoms with Crippen molar-refractivity contribution in [2.24, 2.45) is 16.6 Å². The number of benzene rings is 1. The van der Waals surface area contributed by atoms with E-state index in [1.54, 1.807) is 7.05 Å². The van der Waals surface area contributed by atoms with Crippen LogP contribution in [0.2, 0.25) is 0 Å². The van der Waals surface area contributed by atoms with Gasteiger partial charge in [-0.3, -0.25) is 14.6 Å². The summed E-state index contributed by atoms with van der Waals surface area (Å²) < 4.78 is 0. The van der Waals surface area contributed by atoms with Gasteiger partial charge in [-0.25, -0.2) is 0 Å². The number of piperazine rings is 1. The average molecular weight is 415 g/mol. The second kappa shape index (κ2) is 10.8. The Kier molecular flexibility index (Phi) is 7.93. The summed E-state index contributed by atoms with van der Waals surface area (Å²) in [4.78, 5) is 34.7. The average Bonchev–Trinajstić information content (AvgIpc) is 2.77. The summed E-state index contributed by atoms with van der Waals surface area (Å²) in [6.07, 6.45) is 2.90. The highest BCUT2D eigenvalue weighted by molar-refractivity contribution is 5.82. The number of rotatable bonds is 6. The zero-order valence-electron chi connectivity index (χ0n) is 17.9. The molecule has 2 fully saturated rings. The summed E-state index contributed by atoms with van der Waals surface area (Å²) in [6, 6.07) is 10.3. The van der Waals surface area contributed by atoms with E-state index < -0.39 is 0 Å². The number of piperidine rings is 1. The van der Waals surface area contributed by atoms with Crippen molar-refractivity contribution in [1.29, 1.82) is 0 Å². The second-order valence-electron chi connectivity index (χ2n) is 8.05. The third-order valence-corrected chi connectivity index (χ3v) is 5.90. The van der Waals surface area contributed by atoms with Crippen molar-refractivity contribution in [2.45, 2.75) is 25.7 Å². The molecule has 1 atom stereocenters. The molecule has 2 saturated heterocycles. The van der Waals surface area contributed by atoms with Crippen LogP contribution in [-0.4, -0.2) is 80.4 Å². The predicted octanol–water partition coefficient (Wildman–Crippen LogP) is 0.888. The topological polar surface area (TPSA) is 94.3 Å². The van der Waals surface area contributed by atoms with Crippen LogP contribution in [0.4, 0.5) is 5.69 Å². The van der Waals surface area contributed by atoms with Crippen molar-refractivity contribution in [3.8, 4) is 0 Å². The monoisotopic (exact) mass is 414 g/mol. The first-order chi connectivity index (χ1) is 14.6. The number of anilines is 1. The summed E-state index contributed by atoms with van der Waals surface area (Å²) in [7, 11) is 1.75. The number of aliphatic imine (C=N–C) groups is 1. The SMILES string of the molecule is CN=C(NCCC(=O)N1CCN(c2ccccc2)CC1)N1CCCC(CC(N)=O)C1. The molecule has 0 bridgehead atoms. The first-order valence-corrected chi connectivity index (χ1v) is 10.9. The molecule has 1 aromatic rings. The fourth-order valence-corrected chi connectivity index (χ4v) is 4.33. The Hall–Kier alpha value is -2.77. The second-order valence-corrected chi connectivity index (χ2v) is 8.05. The van der Waals surface area contributed by atoms with Crippen molar-refractivity contribution in [3.05, 3.63) is 30.3 Å². The Morgan fingerprint density at radius 2 is 1.83 bits per heavy atom. The highest BCUT2D eigenvalue weighted by Crippen LogP contribution is 2.19. The highest BCUT2D eigenvalue weighted by Gasteiger charge is 2.24. The van der Waals surface area contributed by atoms with Crippen molar-refractivity contribution in [3.63, 3.8) is 0 Å². The van der Waals surface area contributed by atoms with E-state index in [9.17, 15) is 9.59 Å². The number of para-hydroxylation sites is 1. The van der Waals surface area contributed by atoms with E-state index in [1.165, 1.54) is 5.69 Å². The molecule has 0 aliphatic carbocycles. The summed E-state index contributed by atoms with van der Waals surface area (Å²) in [5, 5.41) is 3.32. The van der Waals surface area contributed by atoms with Gasteiger partial charge in [0.2, 0.25) is 11.8 Å². The molecule has 0 aromatic heterocycles. The van der Waals surface area contributed by atoms with E-state index in [4.69, 9.17) is 5.73 Å². The maximum absolute atomic E-state index is 12.6. The summed E-state index contributed by atoms with van der Waals surface area (Å²) in [5.74, 6) is 1.00. The van der Waals surface area contributed by atoms with Gasteiger partial charge in [0, 0.05) is 71.4 Å². The minimum Gasteiger partial charge on any atom is -0.370 e. The Morgan fingerprint density at radius 3 is 2.50 bits per heavy atom. The molecule has 1 unspecified atom stereocenters. The van der Waals surface area contributed by atoms with Crippen LogP contribution in [0.5, 0.6) is 0 Å². The number of nitrogens with zero attached hydrogens (tertiary/aromatic N) is 4. The molecule has 2 heterocycles. The molecule has 0 saturated carbocycles. The first kappa shape index (κ1) is 21.9. The lowest BCUT2D eigenvalue weighted by Gasteiger charge is -2.36. The number of primary amides is 1. The molecule has 0 radical (unpaired) electrons. The number of carbonyl (C=O) groups is 2. The molecule has 3 N–H and O–H groups in total. The normalized spacial score (nSPS) is 20.2. The molecule has 2 amide bonds.